The third-order valence-corrected chi connectivity index (χ3v) is 4.38. The molecule has 1 atom stereocenters. The molecule has 0 saturated carbocycles. The van der Waals surface area contributed by atoms with Crippen LogP contribution in [-0.2, 0) is 9.59 Å². The van der Waals surface area contributed by atoms with Crippen LogP contribution in [0.3, 0.4) is 0 Å². The maximum Gasteiger partial charge on any atom is 0.325 e. The highest BCUT2D eigenvalue weighted by molar-refractivity contribution is 6.04. The van der Waals surface area contributed by atoms with Crippen molar-refractivity contribution in [3.63, 3.8) is 0 Å². The van der Waals surface area contributed by atoms with E-state index < -0.39 is 6.03 Å². The number of urea groups is 1. The molecule has 128 valence electrons. The van der Waals surface area contributed by atoms with Gasteiger partial charge in [-0.1, -0.05) is 12.1 Å². The highest BCUT2D eigenvalue weighted by atomic mass is 16.5. The lowest BCUT2D eigenvalue weighted by atomic mass is 10.0. The van der Waals surface area contributed by atoms with Gasteiger partial charge >= 0.3 is 6.03 Å². The van der Waals surface area contributed by atoms with Gasteiger partial charge in [0.1, 0.15) is 12.3 Å². The number of nitrogens with zero attached hydrogens (tertiary/aromatic N) is 2. The first-order valence-corrected chi connectivity index (χ1v) is 8.20. The van der Waals surface area contributed by atoms with E-state index in [0.29, 0.717) is 13.2 Å². The molecule has 3 rings (SSSR count). The van der Waals surface area contributed by atoms with E-state index in [9.17, 15) is 14.4 Å². The number of carbonyl (C=O) groups is 3. The second-order valence-electron chi connectivity index (χ2n) is 5.89. The number of ether oxygens (including phenoxy) is 1. The van der Waals surface area contributed by atoms with E-state index >= 15 is 0 Å². The molecule has 0 aliphatic carbocycles. The third kappa shape index (κ3) is 3.20. The van der Waals surface area contributed by atoms with Gasteiger partial charge in [-0.25, -0.2) is 4.79 Å². The molecule has 1 aromatic carbocycles. The van der Waals surface area contributed by atoms with Crippen LogP contribution in [0.15, 0.2) is 24.3 Å². The Morgan fingerprint density at radius 1 is 1.29 bits per heavy atom. The van der Waals surface area contributed by atoms with Crippen molar-refractivity contribution in [1.82, 2.24) is 15.1 Å². The van der Waals surface area contributed by atoms with E-state index in [0.717, 1.165) is 29.1 Å². The molecule has 2 fully saturated rings. The molecular weight excluding hydrogens is 310 g/mol. The highest BCUT2D eigenvalue weighted by Crippen LogP contribution is 2.33. The average Bonchev–Trinajstić information content (AvgIpc) is 3.18. The Hall–Kier alpha value is -2.57. The summed E-state index contributed by atoms with van der Waals surface area (Å²) in [5.41, 5.74) is 1.04. The largest absolute Gasteiger partial charge is 0.494 e. The first-order chi connectivity index (χ1) is 11.6. The summed E-state index contributed by atoms with van der Waals surface area (Å²) < 4.78 is 5.44. The molecule has 7 nitrogen and oxygen atoms in total. The van der Waals surface area contributed by atoms with E-state index in [4.69, 9.17) is 4.74 Å². The predicted molar refractivity (Wildman–Crippen MR) is 86.4 cm³/mol. The molecule has 2 aliphatic rings. The number of likely N-dealkylation sites (tertiary alicyclic amines) is 1. The Labute approximate surface area is 140 Å². The third-order valence-electron chi connectivity index (χ3n) is 4.38. The Morgan fingerprint density at radius 3 is 2.67 bits per heavy atom. The topological polar surface area (TPSA) is 79.0 Å². The lowest BCUT2D eigenvalue weighted by molar-refractivity contribution is -0.137. The van der Waals surface area contributed by atoms with Crippen molar-refractivity contribution < 1.29 is 19.1 Å². The number of amides is 4. The number of hydrogen-bond donors (Lipinski definition) is 1. The zero-order valence-corrected chi connectivity index (χ0v) is 13.7. The monoisotopic (exact) mass is 331 g/mol. The molecule has 24 heavy (non-hydrogen) atoms. The van der Waals surface area contributed by atoms with Crippen LogP contribution in [0.5, 0.6) is 5.75 Å². The molecule has 2 saturated heterocycles. The first-order valence-electron chi connectivity index (χ1n) is 8.20. The Balaban J connectivity index is 1.69. The van der Waals surface area contributed by atoms with Gasteiger partial charge in [0.25, 0.3) is 5.91 Å². The van der Waals surface area contributed by atoms with Gasteiger partial charge in [-0.15, -0.1) is 0 Å². The molecule has 2 heterocycles. The van der Waals surface area contributed by atoms with E-state index in [2.05, 4.69) is 5.32 Å². The van der Waals surface area contributed by atoms with Crippen molar-refractivity contribution in [2.24, 2.45) is 0 Å². The van der Waals surface area contributed by atoms with Crippen molar-refractivity contribution in [2.75, 3.05) is 26.2 Å². The van der Waals surface area contributed by atoms with E-state index in [1.807, 2.05) is 31.2 Å². The Kier molecular flexibility index (Phi) is 4.69. The number of nitrogens with one attached hydrogen (secondary N) is 1. The quantitative estimate of drug-likeness (QED) is 0.825. The Bertz CT molecular complexity index is 628. The second kappa shape index (κ2) is 6.90. The second-order valence-corrected chi connectivity index (χ2v) is 5.89. The maximum absolute atomic E-state index is 12.6. The van der Waals surface area contributed by atoms with Crippen molar-refractivity contribution in [1.29, 1.82) is 0 Å². The van der Waals surface area contributed by atoms with Crippen LogP contribution in [0.1, 0.15) is 31.4 Å². The summed E-state index contributed by atoms with van der Waals surface area (Å²) in [6, 6.07) is 7.22. The van der Waals surface area contributed by atoms with Gasteiger partial charge in [-0.2, -0.15) is 0 Å². The predicted octanol–water partition coefficient (Wildman–Crippen LogP) is 1.30. The molecule has 0 aromatic heterocycles. The number of carbonyl (C=O) groups excluding carboxylic acids is 3. The first kappa shape index (κ1) is 16.3. The molecular formula is C17H21N3O4. The molecule has 0 bridgehead atoms. The van der Waals surface area contributed by atoms with E-state index in [1.165, 1.54) is 0 Å². The average molecular weight is 331 g/mol. The molecule has 0 spiro atoms. The summed E-state index contributed by atoms with van der Waals surface area (Å²) in [5, 5.41) is 2.43. The van der Waals surface area contributed by atoms with Crippen molar-refractivity contribution in [3.8, 4) is 5.75 Å². The van der Waals surface area contributed by atoms with Crippen LogP contribution < -0.4 is 10.1 Å². The zero-order chi connectivity index (χ0) is 17.1. The minimum atomic E-state index is -0.495. The van der Waals surface area contributed by atoms with E-state index in [-0.39, 0.29) is 30.9 Å². The van der Waals surface area contributed by atoms with Gasteiger partial charge in [-0.05, 0) is 37.5 Å². The van der Waals surface area contributed by atoms with Crippen LogP contribution in [0.2, 0.25) is 0 Å². The fraction of sp³-hybridized carbons (Fsp3) is 0.471. The maximum atomic E-state index is 12.6. The van der Waals surface area contributed by atoms with Gasteiger partial charge in [0.05, 0.1) is 19.2 Å². The number of imide groups is 1. The van der Waals surface area contributed by atoms with E-state index in [1.54, 1.807) is 4.90 Å². The van der Waals surface area contributed by atoms with Crippen LogP contribution in [0.25, 0.3) is 0 Å². The highest BCUT2D eigenvalue weighted by Gasteiger charge is 2.35. The van der Waals surface area contributed by atoms with Crippen LogP contribution >= 0.6 is 0 Å². The number of rotatable bonds is 5. The van der Waals surface area contributed by atoms with Gasteiger partial charge in [0.2, 0.25) is 5.91 Å². The van der Waals surface area contributed by atoms with Crippen LogP contribution in [-0.4, -0.2) is 53.9 Å². The molecule has 4 amide bonds. The number of hydrogen-bond acceptors (Lipinski definition) is 4. The van der Waals surface area contributed by atoms with Gasteiger partial charge in [0, 0.05) is 6.54 Å². The molecule has 7 heteroatoms. The Morgan fingerprint density at radius 2 is 2.04 bits per heavy atom. The minimum absolute atomic E-state index is 0.0195. The SMILES string of the molecule is CCOc1ccc(C2CCCN2C(=O)CN2C(=O)CNC2=O)cc1. The summed E-state index contributed by atoms with van der Waals surface area (Å²) in [7, 11) is 0. The zero-order valence-electron chi connectivity index (χ0n) is 13.7. The fourth-order valence-electron chi connectivity index (χ4n) is 3.21. The summed E-state index contributed by atoms with van der Waals surface area (Å²) >= 11 is 0. The smallest absolute Gasteiger partial charge is 0.325 e. The molecule has 2 aliphatic heterocycles. The lowest BCUT2D eigenvalue weighted by Crippen LogP contribution is -2.42. The van der Waals surface area contributed by atoms with Gasteiger partial charge in [0.15, 0.2) is 0 Å². The normalized spacial score (nSPS) is 20.5. The van der Waals surface area contributed by atoms with Gasteiger partial charge in [-0.3, -0.25) is 14.5 Å². The van der Waals surface area contributed by atoms with Crippen molar-refractivity contribution in [3.05, 3.63) is 29.8 Å². The van der Waals surface area contributed by atoms with Crippen LogP contribution in [0, 0.1) is 0 Å². The molecule has 1 aromatic rings. The fourth-order valence-corrected chi connectivity index (χ4v) is 3.21. The standard InChI is InChI=1S/C17H21N3O4/c1-2-24-13-7-5-12(6-8-13)14-4-3-9-19(14)16(22)11-20-15(21)10-18-17(20)23/h5-8,14H,2-4,9-11H2,1H3,(H,18,23). The minimum Gasteiger partial charge on any atom is -0.494 e. The van der Waals surface area contributed by atoms with Crippen molar-refractivity contribution >= 4 is 17.8 Å². The summed E-state index contributed by atoms with van der Waals surface area (Å²) in [6.07, 6.45) is 1.78. The molecule has 1 N–H and O–H groups in total. The number of benzene rings is 1. The molecule has 0 radical (unpaired) electrons. The molecule has 1 unspecified atom stereocenters. The van der Waals surface area contributed by atoms with Crippen LogP contribution in [0.4, 0.5) is 4.79 Å². The van der Waals surface area contributed by atoms with Gasteiger partial charge < -0.3 is 15.0 Å². The van der Waals surface area contributed by atoms with Crippen molar-refractivity contribution in [2.45, 2.75) is 25.8 Å². The summed E-state index contributed by atoms with van der Waals surface area (Å²) in [5.74, 6) is 0.249. The lowest BCUT2D eigenvalue weighted by Gasteiger charge is -2.26. The summed E-state index contributed by atoms with van der Waals surface area (Å²) in [4.78, 5) is 38.6. The summed E-state index contributed by atoms with van der Waals surface area (Å²) in [6.45, 7) is 2.95.